The largest absolute Gasteiger partial charge is 0.301 e. The second-order valence-corrected chi connectivity index (χ2v) is 4.21. The minimum atomic E-state index is 0.927. The van der Waals surface area contributed by atoms with Gasteiger partial charge < -0.3 is 4.90 Å². The molecule has 0 radical (unpaired) electrons. The molecule has 1 fully saturated rings. The first kappa shape index (κ1) is 10.0. The zero-order valence-electron chi connectivity index (χ0n) is 8.84. The van der Waals surface area contributed by atoms with E-state index in [1.807, 2.05) is 0 Å². The van der Waals surface area contributed by atoms with Crippen LogP contribution in [0.4, 0.5) is 0 Å². The van der Waals surface area contributed by atoms with E-state index in [0.29, 0.717) is 0 Å². The van der Waals surface area contributed by atoms with Gasteiger partial charge in [-0.2, -0.15) is 0 Å². The first-order valence-electron chi connectivity index (χ1n) is 5.52. The van der Waals surface area contributed by atoms with Crippen molar-refractivity contribution in [3.05, 3.63) is 0 Å². The summed E-state index contributed by atoms with van der Waals surface area (Å²) < 4.78 is 0. The number of unbranched alkanes of at least 4 members (excludes halogenated alkanes) is 1. The number of nitrogens with zero attached hydrogens (tertiary/aromatic N) is 1. The van der Waals surface area contributed by atoms with Gasteiger partial charge in [-0.1, -0.05) is 27.2 Å². The van der Waals surface area contributed by atoms with Gasteiger partial charge in [0.2, 0.25) is 0 Å². The summed E-state index contributed by atoms with van der Waals surface area (Å²) in [6.07, 6.45) is 5.59. The summed E-state index contributed by atoms with van der Waals surface area (Å²) in [6.45, 7) is 9.50. The van der Waals surface area contributed by atoms with Crippen molar-refractivity contribution in [2.45, 2.75) is 52.5 Å². The van der Waals surface area contributed by atoms with Crippen molar-refractivity contribution in [2.75, 3.05) is 13.1 Å². The zero-order valence-corrected chi connectivity index (χ0v) is 8.84. The van der Waals surface area contributed by atoms with Gasteiger partial charge in [-0.15, -0.1) is 0 Å². The topological polar surface area (TPSA) is 3.24 Å². The molecule has 0 atom stereocenters. The van der Waals surface area contributed by atoms with Crippen LogP contribution >= 0.6 is 0 Å². The third-order valence-corrected chi connectivity index (χ3v) is 3.07. The van der Waals surface area contributed by atoms with E-state index in [1.165, 1.54) is 38.8 Å². The highest BCUT2D eigenvalue weighted by atomic mass is 15.2. The average molecular weight is 169 g/mol. The molecular formula is C11H23N. The Morgan fingerprint density at radius 1 is 1.25 bits per heavy atom. The molecule has 0 aromatic carbocycles. The van der Waals surface area contributed by atoms with Crippen LogP contribution in [0.25, 0.3) is 0 Å². The normalized spacial score (nSPS) is 29.0. The van der Waals surface area contributed by atoms with E-state index in [1.54, 1.807) is 0 Å². The lowest BCUT2D eigenvalue weighted by Gasteiger charge is -2.41. The van der Waals surface area contributed by atoms with Crippen LogP contribution in [0.5, 0.6) is 0 Å². The SMILES string of the molecule is CCCCN(CC)C1CC(C)C1. The summed E-state index contributed by atoms with van der Waals surface area (Å²) in [6, 6.07) is 0.927. The van der Waals surface area contributed by atoms with Gasteiger partial charge in [-0.3, -0.25) is 0 Å². The molecule has 1 aliphatic rings. The number of hydrogen-bond acceptors (Lipinski definition) is 1. The molecule has 0 N–H and O–H groups in total. The van der Waals surface area contributed by atoms with Gasteiger partial charge in [0.05, 0.1) is 0 Å². The van der Waals surface area contributed by atoms with Crippen LogP contribution in [0.3, 0.4) is 0 Å². The van der Waals surface area contributed by atoms with E-state index in [9.17, 15) is 0 Å². The highest BCUT2D eigenvalue weighted by Gasteiger charge is 2.29. The quantitative estimate of drug-likeness (QED) is 0.611. The lowest BCUT2D eigenvalue weighted by molar-refractivity contribution is 0.0899. The number of hydrogen-bond donors (Lipinski definition) is 0. The van der Waals surface area contributed by atoms with Crippen molar-refractivity contribution in [1.29, 1.82) is 0 Å². The van der Waals surface area contributed by atoms with Gasteiger partial charge in [-0.25, -0.2) is 0 Å². The van der Waals surface area contributed by atoms with E-state index in [2.05, 4.69) is 25.7 Å². The van der Waals surface area contributed by atoms with Crippen LogP contribution < -0.4 is 0 Å². The number of rotatable bonds is 5. The Kier molecular flexibility index (Phi) is 4.07. The first-order chi connectivity index (χ1) is 5.77. The Labute approximate surface area is 77.1 Å². The van der Waals surface area contributed by atoms with Crippen LogP contribution in [0.2, 0.25) is 0 Å². The molecule has 12 heavy (non-hydrogen) atoms. The molecule has 0 spiro atoms. The molecule has 1 saturated carbocycles. The fourth-order valence-corrected chi connectivity index (χ4v) is 2.12. The van der Waals surface area contributed by atoms with Gasteiger partial charge in [0, 0.05) is 6.04 Å². The van der Waals surface area contributed by atoms with E-state index >= 15 is 0 Å². The lowest BCUT2D eigenvalue weighted by atomic mass is 9.81. The third kappa shape index (κ3) is 2.48. The standard InChI is InChI=1S/C11H23N/c1-4-6-7-12(5-2)11-8-10(3)9-11/h10-11H,4-9H2,1-3H3. The van der Waals surface area contributed by atoms with Crippen molar-refractivity contribution in [2.24, 2.45) is 5.92 Å². The van der Waals surface area contributed by atoms with Crippen molar-refractivity contribution < 1.29 is 0 Å². The third-order valence-electron chi connectivity index (χ3n) is 3.07. The van der Waals surface area contributed by atoms with E-state index in [0.717, 1.165) is 12.0 Å². The maximum atomic E-state index is 2.66. The summed E-state index contributed by atoms with van der Waals surface area (Å²) in [5.74, 6) is 0.991. The van der Waals surface area contributed by atoms with Crippen molar-refractivity contribution in [1.82, 2.24) is 4.90 Å². The van der Waals surface area contributed by atoms with Crippen LogP contribution in [0.1, 0.15) is 46.5 Å². The molecule has 72 valence electrons. The predicted octanol–water partition coefficient (Wildman–Crippen LogP) is 2.91. The minimum Gasteiger partial charge on any atom is -0.301 e. The van der Waals surface area contributed by atoms with Gasteiger partial charge in [0.15, 0.2) is 0 Å². The lowest BCUT2D eigenvalue weighted by Crippen LogP contribution is -2.44. The molecule has 0 aromatic heterocycles. The van der Waals surface area contributed by atoms with Crippen LogP contribution in [-0.2, 0) is 0 Å². The van der Waals surface area contributed by atoms with E-state index < -0.39 is 0 Å². The highest BCUT2D eigenvalue weighted by Crippen LogP contribution is 2.30. The second-order valence-electron chi connectivity index (χ2n) is 4.21. The predicted molar refractivity (Wildman–Crippen MR) is 54.3 cm³/mol. The Morgan fingerprint density at radius 2 is 1.92 bits per heavy atom. The Balaban J connectivity index is 2.16. The molecule has 1 rings (SSSR count). The molecule has 0 unspecified atom stereocenters. The molecular weight excluding hydrogens is 146 g/mol. The van der Waals surface area contributed by atoms with Crippen LogP contribution in [0, 0.1) is 5.92 Å². The van der Waals surface area contributed by atoms with Gasteiger partial charge in [-0.05, 0) is 38.3 Å². The summed E-state index contributed by atoms with van der Waals surface area (Å²) in [5, 5.41) is 0. The fraction of sp³-hybridized carbons (Fsp3) is 1.00. The summed E-state index contributed by atoms with van der Waals surface area (Å²) in [7, 11) is 0. The van der Waals surface area contributed by atoms with Crippen molar-refractivity contribution >= 4 is 0 Å². The van der Waals surface area contributed by atoms with Crippen molar-refractivity contribution in [3.8, 4) is 0 Å². The monoisotopic (exact) mass is 169 g/mol. The molecule has 0 amide bonds. The molecule has 0 saturated heterocycles. The minimum absolute atomic E-state index is 0.927. The van der Waals surface area contributed by atoms with E-state index in [4.69, 9.17) is 0 Å². The molecule has 1 heteroatoms. The average Bonchev–Trinajstić information content (AvgIpc) is 2.02. The van der Waals surface area contributed by atoms with Gasteiger partial charge in [0.25, 0.3) is 0 Å². The van der Waals surface area contributed by atoms with Crippen molar-refractivity contribution in [3.63, 3.8) is 0 Å². The Bertz CT molecular complexity index is 116. The van der Waals surface area contributed by atoms with Gasteiger partial charge in [0.1, 0.15) is 0 Å². The summed E-state index contributed by atoms with van der Waals surface area (Å²) in [4.78, 5) is 2.66. The Morgan fingerprint density at radius 3 is 2.33 bits per heavy atom. The molecule has 1 nitrogen and oxygen atoms in total. The van der Waals surface area contributed by atoms with E-state index in [-0.39, 0.29) is 0 Å². The Hall–Kier alpha value is -0.0400. The maximum absolute atomic E-state index is 2.66. The maximum Gasteiger partial charge on any atom is 0.0100 e. The van der Waals surface area contributed by atoms with Gasteiger partial charge >= 0.3 is 0 Å². The van der Waals surface area contributed by atoms with Crippen LogP contribution in [0.15, 0.2) is 0 Å². The molecule has 1 aliphatic carbocycles. The zero-order chi connectivity index (χ0) is 8.97. The molecule has 0 aliphatic heterocycles. The second kappa shape index (κ2) is 4.86. The smallest absolute Gasteiger partial charge is 0.0100 e. The molecule has 0 aromatic rings. The highest BCUT2D eigenvalue weighted by molar-refractivity contribution is 4.84. The first-order valence-corrected chi connectivity index (χ1v) is 5.52. The molecule has 0 bridgehead atoms. The summed E-state index contributed by atoms with van der Waals surface area (Å²) >= 11 is 0. The fourth-order valence-electron chi connectivity index (χ4n) is 2.12. The summed E-state index contributed by atoms with van der Waals surface area (Å²) in [5.41, 5.74) is 0. The van der Waals surface area contributed by atoms with Crippen LogP contribution in [-0.4, -0.2) is 24.0 Å². The molecule has 0 heterocycles.